The van der Waals surface area contributed by atoms with Crippen LogP contribution >= 0.6 is 0 Å². The largest absolute Gasteiger partial charge is 0.444 e. The van der Waals surface area contributed by atoms with Crippen molar-refractivity contribution in [2.45, 2.75) is 89.8 Å². The van der Waals surface area contributed by atoms with E-state index in [2.05, 4.69) is 44.2 Å². The Morgan fingerprint density at radius 3 is 1.55 bits per heavy atom. The Morgan fingerprint density at radius 2 is 1.30 bits per heavy atom. The van der Waals surface area contributed by atoms with Crippen LogP contribution in [0.3, 0.4) is 0 Å². The first-order chi connectivity index (χ1) is 8.73. The molecule has 1 amide bonds. The Labute approximate surface area is 127 Å². The number of amides is 1. The van der Waals surface area contributed by atoms with Gasteiger partial charge in [-0.2, -0.15) is 0 Å². The first kappa shape index (κ1) is 17.8. The van der Waals surface area contributed by atoms with Gasteiger partial charge in [0, 0.05) is 11.3 Å². The van der Waals surface area contributed by atoms with Crippen molar-refractivity contribution >= 4 is 22.2 Å². The van der Waals surface area contributed by atoms with Crippen LogP contribution in [-0.4, -0.2) is 44.1 Å². The topological polar surface area (TPSA) is 29.5 Å². The predicted molar refractivity (Wildman–Crippen MR) is 91.6 cm³/mol. The third-order valence-electron chi connectivity index (χ3n) is 3.99. The van der Waals surface area contributed by atoms with Gasteiger partial charge in [-0.05, 0) is 33.6 Å². The molecule has 0 spiro atoms. The molecule has 0 unspecified atom stereocenters. The molecule has 2 atom stereocenters. The summed E-state index contributed by atoms with van der Waals surface area (Å²) in [6, 6.07) is 0. The van der Waals surface area contributed by atoms with Gasteiger partial charge in [-0.3, -0.25) is 0 Å². The van der Waals surface area contributed by atoms with Gasteiger partial charge in [0.15, 0.2) is 0 Å². The van der Waals surface area contributed by atoms with Gasteiger partial charge in [0.1, 0.15) is 5.60 Å². The molecule has 20 heavy (non-hydrogen) atoms. The molecule has 1 rings (SSSR count). The summed E-state index contributed by atoms with van der Waals surface area (Å²) in [5.41, 5.74) is 0.441. The smallest absolute Gasteiger partial charge is 0.410 e. The number of carbonyl (C=O) groups excluding carboxylic acids is 1. The molecule has 0 aromatic heterocycles. The maximum atomic E-state index is 12.7. The van der Waals surface area contributed by atoms with Gasteiger partial charge < -0.3 is 9.64 Å². The van der Waals surface area contributed by atoms with Crippen LogP contribution in [0.4, 0.5) is 4.79 Å². The van der Waals surface area contributed by atoms with Crippen molar-refractivity contribution in [2.24, 2.45) is 0 Å². The lowest BCUT2D eigenvalue weighted by molar-refractivity contribution is 0.0237. The highest BCUT2D eigenvalue weighted by molar-refractivity contribution is 6.80. The highest BCUT2D eigenvalue weighted by Gasteiger charge is 2.49. The first-order valence-corrected chi connectivity index (χ1v) is 14.9. The average Bonchev–Trinajstić information content (AvgIpc) is 2.56. The monoisotopic (exact) mass is 315 g/mol. The zero-order valence-corrected chi connectivity index (χ0v) is 16.8. The van der Waals surface area contributed by atoms with Crippen molar-refractivity contribution in [3.05, 3.63) is 0 Å². The van der Waals surface area contributed by atoms with Gasteiger partial charge in [-0.15, -0.1) is 0 Å². The Bertz CT molecular complexity index is 342. The van der Waals surface area contributed by atoms with Gasteiger partial charge in [-0.25, -0.2) is 4.79 Å². The number of rotatable bonds is 2. The summed E-state index contributed by atoms with van der Waals surface area (Å²) in [5, 5.41) is 0. The first-order valence-electron chi connectivity index (χ1n) is 7.75. The lowest BCUT2D eigenvalue weighted by atomic mass is 10.2. The lowest BCUT2D eigenvalue weighted by Crippen LogP contribution is -2.58. The second-order valence-electron chi connectivity index (χ2n) is 9.23. The molecule has 0 aliphatic carbocycles. The standard InChI is InChI=1S/C15H33NO2Si2/c1-15(2,3)18-14(17)16-12(19(4,5)6)10-11-13(16)20(7,8)9/h12-13H,10-11H2,1-9H3/t12-,13+. The fourth-order valence-corrected chi connectivity index (χ4v) is 7.53. The van der Waals surface area contributed by atoms with Crippen molar-refractivity contribution in [3.8, 4) is 0 Å². The number of ether oxygens (including phenoxy) is 1. The molecule has 5 heteroatoms. The molecule has 0 radical (unpaired) electrons. The summed E-state index contributed by atoms with van der Waals surface area (Å²) in [6.07, 6.45) is 2.23. The molecule has 0 N–H and O–H groups in total. The summed E-state index contributed by atoms with van der Waals surface area (Å²) in [5.74, 6) is 0. The number of hydrogen-bond donors (Lipinski definition) is 0. The van der Waals surface area contributed by atoms with Crippen LogP contribution in [0.15, 0.2) is 0 Å². The molecule has 3 nitrogen and oxygen atoms in total. The van der Waals surface area contributed by atoms with Crippen LogP contribution in [-0.2, 0) is 4.74 Å². The number of likely N-dealkylation sites (tertiary alicyclic amines) is 1. The normalized spacial score (nSPS) is 24.9. The van der Waals surface area contributed by atoms with Gasteiger partial charge >= 0.3 is 6.09 Å². The molecule has 118 valence electrons. The van der Waals surface area contributed by atoms with Crippen LogP contribution in [0.25, 0.3) is 0 Å². The summed E-state index contributed by atoms with van der Waals surface area (Å²) in [4.78, 5) is 14.9. The highest BCUT2D eigenvalue weighted by Crippen LogP contribution is 2.36. The minimum Gasteiger partial charge on any atom is -0.444 e. The zero-order chi connectivity index (χ0) is 15.9. The molecular formula is C15H33NO2Si2. The van der Waals surface area contributed by atoms with Crippen molar-refractivity contribution in [1.29, 1.82) is 0 Å². The van der Waals surface area contributed by atoms with Crippen molar-refractivity contribution in [1.82, 2.24) is 4.90 Å². The average molecular weight is 316 g/mol. The van der Waals surface area contributed by atoms with Crippen LogP contribution < -0.4 is 0 Å². The third-order valence-corrected chi connectivity index (χ3v) is 9.12. The lowest BCUT2D eigenvalue weighted by Gasteiger charge is -2.41. The maximum absolute atomic E-state index is 12.7. The molecule has 0 bridgehead atoms. The number of hydrogen-bond acceptors (Lipinski definition) is 2. The molecule has 0 saturated carbocycles. The highest BCUT2D eigenvalue weighted by atomic mass is 28.3. The van der Waals surface area contributed by atoms with E-state index in [-0.39, 0.29) is 6.09 Å². The van der Waals surface area contributed by atoms with Crippen molar-refractivity contribution in [3.63, 3.8) is 0 Å². The fourth-order valence-electron chi connectivity index (χ4n) is 3.08. The third kappa shape index (κ3) is 4.35. The minimum absolute atomic E-state index is 0.0881. The van der Waals surface area contributed by atoms with Crippen LogP contribution in [0.2, 0.25) is 39.3 Å². The SMILES string of the molecule is CC(C)(C)OC(=O)N1[C@H]([Si](C)(C)C)CC[C@@H]1[Si](C)(C)C. The van der Waals surface area contributed by atoms with Gasteiger partial charge in [0.25, 0.3) is 0 Å². The zero-order valence-electron chi connectivity index (χ0n) is 14.8. The number of carbonyl (C=O) groups is 1. The van der Waals surface area contributed by atoms with E-state index in [0.717, 1.165) is 12.8 Å². The molecule has 0 aromatic rings. The fraction of sp³-hybridized carbons (Fsp3) is 0.933. The van der Waals surface area contributed by atoms with E-state index in [1.54, 1.807) is 0 Å². The Morgan fingerprint density at radius 1 is 0.950 bits per heavy atom. The van der Waals surface area contributed by atoms with E-state index in [0.29, 0.717) is 11.3 Å². The van der Waals surface area contributed by atoms with Gasteiger partial charge in [-0.1, -0.05) is 39.3 Å². The van der Waals surface area contributed by atoms with Gasteiger partial charge in [0.05, 0.1) is 16.1 Å². The molecule has 1 aliphatic rings. The van der Waals surface area contributed by atoms with E-state index in [4.69, 9.17) is 4.74 Å². The Balaban J connectivity index is 3.06. The molecule has 1 aliphatic heterocycles. The minimum atomic E-state index is -1.40. The van der Waals surface area contributed by atoms with Crippen LogP contribution in [0, 0.1) is 0 Å². The number of nitrogens with zero attached hydrogens (tertiary/aromatic N) is 1. The summed E-state index contributed by atoms with van der Waals surface area (Å²) in [7, 11) is -2.80. The molecular weight excluding hydrogens is 282 g/mol. The van der Waals surface area contributed by atoms with E-state index in [1.165, 1.54) is 0 Å². The van der Waals surface area contributed by atoms with Crippen LogP contribution in [0.5, 0.6) is 0 Å². The maximum Gasteiger partial charge on any atom is 0.410 e. The molecule has 1 heterocycles. The summed E-state index contributed by atoms with van der Waals surface area (Å²) < 4.78 is 5.70. The second-order valence-corrected chi connectivity index (χ2v) is 20.0. The van der Waals surface area contributed by atoms with Gasteiger partial charge in [0.2, 0.25) is 0 Å². The molecule has 1 saturated heterocycles. The second kappa shape index (κ2) is 5.48. The van der Waals surface area contributed by atoms with Crippen molar-refractivity contribution in [2.75, 3.05) is 0 Å². The molecule has 0 aromatic carbocycles. The summed E-state index contributed by atoms with van der Waals surface area (Å²) in [6.45, 7) is 20.0. The van der Waals surface area contributed by atoms with Crippen molar-refractivity contribution < 1.29 is 9.53 Å². The Kier molecular flexibility index (Phi) is 4.87. The Hall–Kier alpha value is -0.296. The van der Waals surface area contributed by atoms with E-state index in [9.17, 15) is 4.79 Å². The molecule has 1 fully saturated rings. The summed E-state index contributed by atoms with van der Waals surface area (Å²) >= 11 is 0. The quantitative estimate of drug-likeness (QED) is 0.702. The van der Waals surface area contributed by atoms with Crippen LogP contribution in [0.1, 0.15) is 33.6 Å². The predicted octanol–water partition coefficient (Wildman–Crippen LogP) is 4.51. The van der Waals surface area contributed by atoms with E-state index < -0.39 is 21.7 Å². The van der Waals surface area contributed by atoms with E-state index in [1.807, 2.05) is 20.8 Å². The van der Waals surface area contributed by atoms with E-state index >= 15 is 0 Å².